The zero-order chi connectivity index (χ0) is 14.1. The fraction of sp³-hybridized carbons (Fsp3) is 0.375. The van der Waals surface area contributed by atoms with Crippen molar-refractivity contribution >= 4 is 22.6 Å². The first kappa shape index (κ1) is 15.1. The molecule has 0 aliphatic carbocycles. The van der Waals surface area contributed by atoms with E-state index in [1.807, 2.05) is 0 Å². The van der Waals surface area contributed by atoms with Gasteiger partial charge >= 0.3 is 12.5 Å². The van der Waals surface area contributed by atoms with Gasteiger partial charge in [0.25, 0.3) is 5.88 Å². The Morgan fingerprint density at radius 3 is 2.11 bits per heavy atom. The predicted octanol–water partition coefficient (Wildman–Crippen LogP) is 3.61. The van der Waals surface area contributed by atoms with Crippen LogP contribution in [-0.2, 0) is 6.18 Å². The topological polar surface area (TPSA) is 31.4 Å². The smallest absolute Gasteiger partial charge is 0.478 e. The lowest BCUT2D eigenvalue weighted by Gasteiger charge is -2.18. The SMILES string of the molecule is COc1ncc(I)c(C(F)(F)F)c1OC(F)(F)F. The first-order chi connectivity index (χ1) is 8.06. The molecule has 1 rings (SSSR count). The Labute approximate surface area is 110 Å². The summed E-state index contributed by atoms with van der Waals surface area (Å²) in [4.78, 5) is 3.30. The van der Waals surface area contributed by atoms with Crippen molar-refractivity contribution in [1.82, 2.24) is 4.98 Å². The first-order valence-electron chi connectivity index (χ1n) is 4.11. The summed E-state index contributed by atoms with van der Waals surface area (Å²) in [6.45, 7) is 0. The molecule has 0 saturated carbocycles. The van der Waals surface area contributed by atoms with Crippen LogP contribution in [0.2, 0.25) is 0 Å². The number of hydrogen-bond donors (Lipinski definition) is 0. The van der Waals surface area contributed by atoms with Gasteiger partial charge in [0.1, 0.15) is 5.56 Å². The van der Waals surface area contributed by atoms with Crippen molar-refractivity contribution in [3.05, 3.63) is 15.3 Å². The van der Waals surface area contributed by atoms with Crippen LogP contribution in [0, 0.1) is 3.57 Å². The molecule has 0 aliphatic rings. The van der Waals surface area contributed by atoms with Crippen LogP contribution in [-0.4, -0.2) is 18.5 Å². The Morgan fingerprint density at radius 1 is 1.17 bits per heavy atom. The number of methoxy groups -OCH3 is 1. The number of nitrogens with zero attached hydrogens (tertiary/aromatic N) is 1. The number of pyridine rings is 1. The van der Waals surface area contributed by atoms with Gasteiger partial charge in [-0.25, -0.2) is 4.98 Å². The molecule has 0 radical (unpaired) electrons. The molecule has 0 fully saturated rings. The monoisotopic (exact) mass is 387 g/mol. The highest BCUT2D eigenvalue weighted by Gasteiger charge is 2.43. The quantitative estimate of drug-likeness (QED) is 0.574. The molecule has 10 heteroatoms. The molecule has 0 amide bonds. The Bertz CT molecular complexity index is 444. The van der Waals surface area contributed by atoms with Gasteiger partial charge < -0.3 is 9.47 Å². The molecule has 1 heterocycles. The fourth-order valence-corrected chi connectivity index (χ4v) is 1.76. The van der Waals surface area contributed by atoms with E-state index in [0.717, 1.165) is 13.3 Å². The molecule has 0 unspecified atom stereocenters. The molecule has 0 bridgehead atoms. The lowest BCUT2D eigenvalue weighted by Crippen LogP contribution is -2.22. The molecule has 0 aliphatic heterocycles. The molecule has 0 aromatic carbocycles. The van der Waals surface area contributed by atoms with Crippen LogP contribution >= 0.6 is 22.6 Å². The molecule has 0 atom stereocenters. The van der Waals surface area contributed by atoms with Gasteiger partial charge in [0.05, 0.1) is 7.11 Å². The molecular formula is C8H4F6INO2. The maximum absolute atomic E-state index is 12.7. The molecule has 18 heavy (non-hydrogen) atoms. The standard InChI is InChI=1S/C8H4F6INO2/c1-17-6-5(18-8(12,13)14)4(7(9,10)11)3(15)2-16-6/h2H,1H3. The minimum atomic E-state index is -5.28. The van der Waals surface area contributed by atoms with Crippen molar-refractivity contribution in [3.8, 4) is 11.6 Å². The van der Waals surface area contributed by atoms with E-state index in [1.165, 1.54) is 22.6 Å². The van der Waals surface area contributed by atoms with Gasteiger partial charge in [0.15, 0.2) is 0 Å². The third kappa shape index (κ3) is 3.53. The lowest BCUT2D eigenvalue weighted by molar-refractivity contribution is -0.276. The summed E-state index contributed by atoms with van der Waals surface area (Å²) in [7, 11) is 0.887. The fourth-order valence-electron chi connectivity index (χ4n) is 1.07. The summed E-state index contributed by atoms with van der Waals surface area (Å²) in [6.07, 6.45) is -9.56. The van der Waals surface area contributed by atoms with E-state index in [1.54, 1.807) is 0 Å². The van der Waals surface area contributed by atoms with Gasteiger partial charge in [-0.2, -0.15) is 13.2 Å². The highest BCUT2D eigenvalue weighted by Crippen LogP contribution is 2.44. The van der Waals surface area contributed by atoms with E-state index in [2.05, 4.69) is 14.5 Å². The second kappa shape index (κ2) is 4.97. The number of hydrogen-bond acceptors (Lipinski definition) is 3. The van der Waals surface area contributed by atoms with Gasteiger partial charge in [-0.15, -0.1) is 13.2 Å². The maximum atomic E-state index is 12.7. The van der Waals surface area contributed by atoms with Crippen molar-refractivity contribution in [3.63, 3.8) is 0 Å². The van der Waals surface area contributed by atoms with Gasteiger partial charge in [0.2, 0.25) is 5.75 Å². The van der Waals surface area contributed by atoms with Crippen LogP contribution in [0.5, 0.6) is 11.6 Å². The molecule has 102 valence electrons. The summed E-state index contributed by atoms with van der Waals surface area (Å²) < 4.78 is 81.4. The number of rotatable bonds is 2. The average molecular weight is 387 g/mol. The Hall–Kier alpha value is -0.940. The van der Waals surface area contributed by atoms with Crippen LogP contribution in [0.25, 0.3) is 0 Å². The number of halogens is 7. The van der Waals surface area contributed by atoms with Crippen LogP contribution in [0.4, 0.5) is 26.3 Å². The van der Waals surface area contributed by atoms with Gasteiger partial charge in [-0.1, -0.05) is 0 Å². The lowest BCUT2D eigenvalue weighted by atomic mass is 10.2. The van der Waals surface area contributed by atoms with Crippen molar-refractivity contribution < 1.29 is 35.8 Å². The van der Waals surface area contributed by atoms with Crippen LogP contribution in [0.15, 0.2) is 6.20 Å². The van der Waals surface area contributed by atoms with Crippen LogP contribution < -0.4 is 9.47 Å². The molecular weight excluding hydrogens is 383 g/mol. The zero-order valence-corrected chi connectivity index (χ0v) is 10.6. The second-order valence-corrected chi connectivity index (χ2v) is 4.03. The molecule has 0 N–H and O–H groups in total. The molecule has 3 nitrogen and oxygen atoms in total. The molecule has 1 aromatic rings. The van der Waals surface area contributed by atoms with Crippen molar-refractivity contribution in [2.45, 2.75) is 12.5 Å². The first-order valence-corrected chi connectivity index (χ1v) is 5.19. The summed E-state index contributed by atoms with van der Waals surface area (Å²) in [5.74, 6) is -2.38. The third-order valence-corrected chi connectivity index (χ3v) is 2.47. The van der Waals surface area contributed by atoms with E-state index in [0.29, 0.717) is 0 Å². The Morgan fingerprint density at radius 2 is 1.72 bits per heavy atom. The predicted molar refractivity (Wildman–Crippen MR) is 55.2 cm³/mol. The summed E-state index contributed by atoms with van der Waals surface area (Å²) in [5.41, 5.74) is -1.58. The summed E-state index contributed by atoms with van der Waals surface area (Å²) >= 11 is 1.21. The van der Waals surface area contributed by atoms with E-state index in [9.17, 15) is 26.3 Å². The summed E-state index contributed by atoms with van der Waals surface area (Å²) in [5, 5.41) is 0. The number of alkyl halides is 6. The van der Waals surface area contributed by atoms with Gasteiger partial charge in [-0.05, 0) is 22.6 Å². The molecule has 0 spiro atoms. The second-order valence-electron chi connectivity index (χ2n) is 2.87. The van der Waals surface area contributed by atoms with Crippen molar-refractivity contribution in [2.75, 3.05) is 7.11 Å². The Kier molecular flexibility index (Phi) is 4.18. The van der Waals surface area contributed by atoms with E-state index < -0.39 is 33.3 Å². The average Bonchev–Trinajstić information content (AvgIpc) is 2.13. The van der Waals surface area contributed by atoms with E-state index in [4.69, 9.17) is 0 Å². The van der Waals surface area contributed by atoms with Gasteiger partial charge in [-0.3, -0.25) is 0 Å². The minimum absolute atomic E-state index is 0.528. The minimum Gasteiger partial charge on any atom is -0.478 e. The highest BCUT2D eigenvalue weighted by atomic mass is 127. The number of ether oxygens (including phenoxy) is 2. The zero-order valence-electron chi connectivity index (χ0n) is 8.49. The number of aromatic nitrogens is 1. The highest BCUT2D eigenvalue weighted by molar-refractivity contribution is 14.1. The normalized spacial score (nSPS) is 12.4. The molecule has 0 saturated heterocycles. The van der Waals surface area contributed by atoms with Crippen LogP contribution in [0.1, 0.15) is 5.56 Å². The van der Waals surface area contributed by atoms with E-state index in [-0.39, 0.29) is 0 Å². The van der Waals surface area contributed by atoms with Crippen molar-refractivity contribution in [2.24, 2.45) is 0 Å². The summed E-state index contributed by atoms with van der Waals surface area (Å²) in [6, 6.07) is 0. The van der Waals surface area contributed by atoms with Gasteiger partial charge in [0, 0.05) is 9.77 Å². The van der Waals surface area contributed by atoms with Crippen LogP contribution in [0.3, 0.4) is 0 Å². The maximum Gasteiger partial charge on any atom is 0.573 e. The van der Waals surface area contributed by atoms with E-state index >= 15 is 0 Å². The van der Waals surface area contributed by atoms with Crippen molar-refractivity contribution in [1.29, 1.82) is 0 Å². The Balaban J connectivity index is 3.47. The molecule has 1 aromatic heterocycles. The largest absolute Gasteiger partial charge is 0.573 e. The third-order valence-electron chi connectivity index (χ3n) is 1.65.